The summed E-state index contributed by atoms with van der Waals surface area (Å²) in [7, 11) is 1.68. The van der Waals surface area contributed by atoms with E-state index in [0.717, 1.165) is 29.3 Å². The van der Waals surface area contributed by atoms with Gasteiger partial charge in [-0.2, -0.15) is 4.98 Å². The monoisotopic (exact) mass is 323 g/mol. The van der Waals surface area contributed by atoms with Crippen molar-refractivity contribution in [3.05, 3.63) is 28.5 Å². The maximum atomic E-state index is 5.94. The standard InChI is InChI=1S/C13H14BrN3O2/c1-18-13(5-2-6-13)12-16-11(19-17-12)9-7-8(14)3-4-10(9)15/h3-4,7H,2,5-6,15H2,1H3. The van der Waals surface area contributed by atoms with Crippen molar-refractivity contribution in [3.63, 3.8) is 0 Å². The van der Waals surface area contributed by atoms with Crippen LogP contribution in [0.5, 0.6) is 0 Å². The number of hydrogen-bond acceptors (Lipinski definition) is 5. The molecule has 1 aromatic carbocycles. The Morgan fingerprint density at radius 2 is 2.21 bits per heavy atom. The molecule has 19 heavy (non-hydrogen) atoms. The highest BCUT2D eigenvalue weighted by Gasteiger charge is 2.43. The van der Waals surface area contributed by atoms with Crippen LogP contribution in [0.1, 0.15) is 25.1 Å². The van der Waals surface area contributed by atoms with Crippen LogP contribution in [0.25, 0.3) is 11.5 Å². The molecule has 1 aliphatic rings. The van der Waals surface area contributed by atoms with Crippen molar-refractivity contribution in [2.45, 2.75) is 24.9 Å². The normalized spacial score (nSPS) is 17.2. The molecule has 0 saturated heterocycles. The number of nitrogen functional groups attached to an aromatic ring is 1. The summed E-state index contributed by atoms with van der Waals surface area (Å²) in [5, 5.41) is 4.05. The fraction of sp³-hybridized carbons (Fsp3) is 0.385. The Balaban J connectivity index is 1.99. The van der Waals surface area contributed by atoms with E-state index in [9.17, 15) is 0 Å². The first-order valence-corrected chi connectivity index (χ1v) is 6.89. The molecule has 5 nitrogen and oxygen atoms in total. The molecule has 0 radical (unpaired) electrons. The fourth-order valence-electron chi connectivity index (χ4n) is 2.25. The lowest BCUT2D eigenvalue weighted by atomic mass is 9.79. The quantitative estimate of drug-likeness (QED) is 0.878. The number of methoxy groups -OCH3 is 1. The van der Waals surface area contributed by atoms with E-state index in [2.05, 4.69) is 26.1 Å². The number of hydrogen-bond donors (Lipinski definition) is 1. The van der Waals surface area contributed by atoms with Crippen LogP contribution in [-0.4, -0.2) is 17.3 Å². The van der Waals surface area contributed by atoms with Gasteiger partial charge in [-0.1, -0.05) is 21.1 Å². The number of aromatic nitrogens is 2. The third kappa shape index (κ3) is 2.04. The number of nitrogens with two attached hydrogens (primary N) is 1. The highest BCUT2D eigenvalue weighted by atomic mass is 79.9. The van der Waals surface area contributed by atoms with Crippen LogP contribution in [-0.2, 0) is 10.3 Å². The van der Waals surface area contributed by atoms with Gasteiger partial charge < -0.3 is 15.0 Å². The first-order chi connectivity index (χ1) is 9.14. The summed E-state index contributed by atoms with van der Waals surface area (Å²) < 4.78 is 11.8. The maximum absolute atomic E-state index is 5.94. The number of ether oxygens (including phenoxy) is 1. The minimum Gasteiger partial charge on any atom is -0.398 e. The molecule has 1 saturated carbocycles. The molecule has 2 aromatic rings. The molecule has 0 unspecified atom stereocenters. The summed E-state index contributed by atoms with van der Waals surface area (Å²) in [6.07, 6.45) is 2.98. The number of rotatable bonds is 3. The molecular weight excluding hydrogens is 310 g/mol. The maximum Gasteiger partial charge on any atom is 0.260 e. The van der Waals surface area contributed by atoms with E-state index >= 15 is 0 Å². The number of anilines is 1. The van der Waals surface area contributed by atoms with Gasteiger partial charge in [0.2, 0.25) is 5.82 Å². The van der Waals surface area contributed by atoms with Crippen molar-refractivity contribution in [1.29, 1.82) is 0 Å². The Bertz CT molecular complexity index is 602. The molecule has 0 bridgehead atoms. The van der Waals surface area contributed by atoms with E-state index in [1.807, 2.05) is 12.1 Å². The largest absolute Gasteiger partial charge is 0.398 e. The zero-order chi connectivity index (χ0) is 13.5. The second-order valence-electron chi connectivity index (χ2n) is 4.71. The molecule has 6 heteroatoms. The number of nitrogens with zero attached hydrogens (tertiary/aromatic N) is 2. The molecule has 0 aliphatic heterocycles. The smallest absolute Gasteiger partial charge is 0.260 e. The van der Waals surface area contributed by atoms with Gasteiger partial charge in [-0.15, -0.1) is 0 Å². The van der Waals surface area contributed by atoms with E-state index in [1.54, 1.807) is 13.2 Å². The minimum atomic E-state index is -0.372. The van der Waals surface area contributed by atoms with Gasteiger partial charge in [-0.3, -0.25) is 0 Å². The molecule has 2 N–H and O–H groups in total. The van der Waals surface area contributed by atoms with E-state index in [1.165, 1.54) is 0 Å². The molecule has 1 fully saturated rings. The molecule has 0 amide bonds. The average molecular weight is 324 g/mol. The molecule has 0 atom stereocenters. The zero-order valence-corrected chi connectivity index (χ0v) is 12.1. The lowest BCUT2D eigenvalue weighted by Gasteiger charge is -2.37. The Kier molecular flexibility index (Phi) is 3.06. The van der Waals surface area contributed by atoms with Gasteiger partial charge in [0.1, 0.15) is 5.60 Å². The number of benzene rings is 1. The lowest BCUT2D eigenvalue weighted by Crippen LogP contribution is -2.37. The van der Waals surface area contributed by atoms with Crippen molar-refractivity contribution >= 4 is 21.6 Å². The van der Waals surface area contributed by atoms with Crippen molar-refractivity contribution in [3.8, 4) is 11.5 Å². The molecule has 0 spiro atoms. The van der Waals surface area contributed by atoms with E-state index in [0.29, 0.717) is 17.4 Å². The summed E-state index contributed by atoms with van der Waals surface area (Å²) in [5.41, 5.74) is 6.91. The highest BCUT2D eigenvalue weighted by molar-refractivity contribution is 9.10. The first kappa shape index (κ1) is 12.6. The Morgan fingerprint density at radius 3 is 2.84 bits per heavy atom. The molecular formula is C13H14BrN3O2. The third-order valence-electron chi connectivity index (χ3n) is 3.63. The van der Waals surface area contributed by atoms with Gasteiger partial charge in [-0.05, 0) is 37.5 Å². The first-order valence-electron chi connectivity index (χ1n) is 6.09. The van der Waals surface area contributed by atoms with Crippen molar-refractivity contribution in [2.75, 3.05) is 12.8 Å². The second-order valence-corrected chi connectivity index (χ2v) is 5.62. The van der Waals surface area contributed by atoms with Crippen molar-refractivity contribution in [2.24, 2.45) is 0 Å². The summed E-state index contributed by atoms with van der Waals surface area (Å²) in [4.78, 5) is 4.44. The summed E-state index contributed by atoms with van der Waals surface area (Å²) >= 11 is 3.41. The Labute approximate surface area is 119 Å². The van der Waals surface area contributed by atoms with E-state index in [4.69, 9.17) is 15.0 Å². The fourth-order valence-corrected chi connectivity index (χ4v) is 2.61. The van der Waals surface area contributed by atoms with Gasteiger partial charge in [0, 0.05) is 17.3 Å². The molecule has 1 aliphatic carbocycles. The molecule has 1 aromatic heterocycles. The van der Waals surface area contributed by atoms with Gasteiger partial charge in [0.25, 0.3) is 5.89 Å². The van der Waals surface area contributed by atoms with Crippen LogP contribution in [0.4, 0.5) is 5.69 Å². The van der Waals surface area contributed by atoms with Crippen LogP contribution in [0.15, 0.2) is 27.2 Å². The Hall–Kier alpha value is -1.40. The van der Waals surface area contributed by atoms with E-state index in [-0.39, 0.29) is 5.60 Å². The zero-order valence-electron chi connectivity index (χ0n) is 10.5. The molecule has 1 heterocycles. The van der Waals surface area contributed by atoms with Gasteiger partial charge in [0.05, 0.1) is 5.56 Å². The minimum absolute atomic E-state index is 0.372. The summed E-state index contributed by atoms with van der Waals surface area (Å²) in [6.45, 7) is 0. The van der Waals surface area contributed by atoms with Gasteiger partial charge in [0.15, 0.2) is 0 Å². The predicted octanol–water partition coefficient (Wildman–Crippen LogP) is 3.11. The Morgan fingerprint density at radius 1 is 1.42 bits per heavy atom. The van der Waals surface area contributed by atoms with Crippen molar-refractivity contribution in [1.82, 2.24) is 10.1 Å². The lowest BCUT2D eigenvalue weighted by molar-refractivity contribution is -0.0858. The topological polar surface area (TPSA) is 74.2 Å². The van der Waals surface area contributed by atoms with Gasteiger partial charge in [-0.25, -0.2) is 0 Å². The SMILES string of the molecule is COC1(c2noc(-c3cc(Br)ccc3N)n2)CCC1. The molecule has 3 rings (SSSR count). The van der Waals surface area contributed by atoms with E-state index < -0.39 is 0 Å². The van der Waals surface area contributed by atoms with Crippen LogP contribution in [0, 0.1) is 0 Å². The second kappa shape index (κ2) is 4.61. The number of halogens is 1. The molecule has 100 valence electrons. The average Bonchev–Trinajstić information content (AvgIpc) is 2.81. The van der Waals surface area contributed by atoms with Crippen LogP contribution >= 0.6 is 15.9 Å². The summed E-state index contributed by atoms with van der Waals surface area (Å²) in [5.74, 6) is 1.03. The highest BCUT2D eigenvalue weighted by Crippen LogP contribution is 2.43. The van der Waals surface area contributed by atoms with Crippen LogP contribution in [0.3, 0.4) is 0 Å². The summed E-state index contributed by atoms with van der Waals surface area (Å²) in [6, 6.07) is 5.55. The van der Waals surface area contributed by atoms with Crippen LogP contribution in [0.2, 0.25) is 0 Å². The van der Waals surface area contributed by atoms with Crippen molar-refractivity contribution < 1.29 is 9.26 Å². The third-order valence-corrected chi connectivity index (χ3v) is 4.12. The predicted molar refractivity (Wildman–Crippen MR) is 74.4 cm³/mol. The van der Waals surface area contributed by atoms with Gasteiger partial charge >= 0.3 is 0 Å². The van der Waals surface area contributed by atoms with Crippen LogP contribution < -0.4 is 5.73 Å².